The number of ether oxygens (including phenoxy) is 1. The van der Waals surface area contributed by atoms with Crippen LogP contribution in [0.4, 0.5) is 5.69 Å². The zero-order valence-corrected chi connectivity index (χ0v) is 18.4. The summed E-state index contributed by atoms with van der Waals surface area (Å²) in [6.45, 7) is 3.94. The molecule has 1 heterocycles. The van der Waals surface area contributed by atoms with Gasteiger partial charge in [0.05, 0.1) is 17.7 Å². The number of methoxy groups -OCH3 is 1. The molecule has 0 aliphatic rings. The number of hydrogen-bond donors (Lipinski definition) is 0. The molecular formula is C25H23NO4S. The van der Waals surface area contributed by atoms with E-state index in [4.69, 9.17) is 9.15 Å². The van der Waals surface area contributed by atoms with Gasteiger partial charge in [-0.25, -0.2) is 13.4 Å². The van der Waals surface area contributed by atoms with Crippen molar-refractivity contribution in [3.63, 3.8) is 0 Å². The molecule has 31 heavy (non-hydrogen) atoms. The number of hydrogen-bond acceptors (Lipinski definition) is 5. The van der Waals surface area contributed by atoms with Crippen molar-refractivity contribution in [2.24, 2.45) is 4.99 Å². The molecule has 0 fully saturated rings. The number of para-hydroxylation sites is 2. The van der Waals surface area contributed by atoms with Crippen molar-refractivity contribution in [1.82, 2.24) is 0 Å². The van der Waals surface area contributed by atoms with Crippen LogP contribution in [0.25, 0.3) is 11.0 Å². The van der Waals surface area contributed by atoms with E-state index in [2.05, 4.69) is 4.99 Å². The summed E-state index contributed by atoms with van der Waals surface area (Å²) in [6.07, 6.45) is 0.761. The first kappa shape index (κ1) is 20.9. The SMILES string of the molecule is CCc1ccccc1N=c1oc2c(OC)cccc2cc1S(=O)(=O)c1ccc(C)cc1. The molecule has 0 N–H and O–H groups in total. The standard InChI is InChI=1S/C25H23NO4S/c1-4-18-8-5-6-10-21(18)26-25-23(31(27,28)20-14-12-17(2)13-15-20)16-19-9-7-11-22(29-3)24(19)30-25/h5-16H,4H2,1-3H3. The first-order valence-corrected chi connectivity index (χ1v) is 11.5. The van der Waals surface area contributed by atoms with Crippen molar-refractivity contribution in [3.8, 4) is 5.75 Å². The van der Waals surface area contributed by atoms with E-state index in [9.17, 15) is 8.42 Å². The molecule has 4 aromatic rings. The van der Waals surface area contributed by atoms with Crippen molar-refractivity contribution in [2.75, 3.05) is 7.11 Å². The predicted molar refractivity (Wildman–Crippen MR) is 120 cm³/mol. The molecule has 5 nitrogen and oxygen atoms in total. The van der Waals surface area contributed by atoms with Gasteiger partial charge in [0.1, 0.15) is 4.90 Å². The van der Waals surface area contributed by atoms with E-state index < -0.39 is 9.84 Å². The maximum atomic E-state index is 13.6. The van der Waals surface area contributed by atoms with Gasteiger partial charge in [-0.15, -0.1) is 0 Å². The van der Waals surface area contributed by atoms with Crippen molar-refractivity contribution in [3.05, 3.63) is 89.5 Å². The smallest absolute Gasteiger partial charge is 0.239 e. The summed E-state index contributed by atoms with van der Waals surface area (Å²) in [5.41, 5.74) is 3.12. The van der Waals surface area contributed by atoms with Crippen molar-refractivity contribution in [1.29, 1.82) is 0 Å². The summed E-state index contributed by atoms with van der Waals surface area (Å²) in [7, 11) is -2.32. The van der Waals surface area contributed by atoms with Gasteiger partial charge in [-0.2, -0.15) is 0 Å². The minimum absolute atomic E-state index is 0.0167. The molecule has 0 unspecified atom stereocenters. The fourth-order valence-electron chi connectivity index (χ4n) is 3.41. The molecule has 0 saturated carbocycles. The highest BCUT2D eigenvalue weighted by Crippen LogP contribution is 2.28. The number of aryl methyl sites for hydroxylation is 2. The molecule has 158 valence electrons. The second-order valence-electron chi connectivity index (χ2n) is 7.20. The molecule has 6 heteroatoms. The summed E-state index contributed by atoms with van der Waals surface area (Å²) in [5.74, 6) is 0.511. The Bertz CT molecular complexity index is 1420. The molecule has 3 aromatic carbocycles. The van der Waals surface area contributed by atoms with E-state index >= 15 is 0 Å². The Labute approximate surface area is 181 Å². The van der Waals surface area contributed by atoms with Crippen molar-refractivity contribution < 1.29 is 17.6 Å². The zero-order valence-electron chi connectivity index (χ0n) is 17.6. The normalized spacial score (nSPS) is 12.3. The average Bonchev–Trinajstić information content (AvgIpc) is 2.79. The quantitative estimate of drug-likeness (QED) is 0.424. The highest BCUT2D eigenvalue weighted by molar-refractivity contribution is 7.91. The molecule has 0 saturated heterocycles. The molecule has 0 amide bonds. The third kappa shape index (κ3) is 3.99. The molecule has 1 aromatic heterocycles. The second-order valence-corrected chi connectivity index (χ2v) is 9.12. The van der Waals surface area contributed by atoms with Gasteiger partial charge < -0.3 is 9.15 Å². The molecule has 0 aliphatic carbocycles. The lowest BCUT2D eigenvalue weighted by Gasteiger charge is -2.10. The Balaban J connectivity index is 2.07. The molecule has 0 spiro atoms. The highest BCUT2D eigenvalue weighted by atomic mass is 32.2. The second kappa shape index (κ2) is 8.40. The van der Waals surface area contributed by atoms with E-state index in [1.807, 2.05) is 38.1 Å². The Morgan fingerprint density at radius 2 is 1.71 bits per heavy atom. The van der Waals surface area contributed by atoms with Gasteiger partial charge in [0.15, 0.2) is 11.3 Å². The van der Waals surface area contributed by atoms with Crippen LogP contribution in [-0.4, -0.2) is 15.5 Å². The predicted octanol–water partition coefficient (Wildman–Crippen LogP) is 5.38. The fourth-order valence-corrected chi connectivity index (χ4v) is 4.76. The summed E-state index contributed by atoms with van der Waals surface area (Å²) in [5, 5.41) is 0.618. The van der Waals surface area contributed by atoms with E-state index in [0.29, 0.717) is 22.4 Å². The van der Waals surface area contributed by atoms with Crippen LogP contribution in [0.1, 0.15) is 18.1 Å². The molecule has 4 rings (SSSR count). The van der Waals surface area contributed by atoms with Crippen LogP contribution in [0.5, 0.6) is 5.75 Å². The Morgan fingerprint density at radius 1 is 0.968 bits per heavy atom. The van der Waals surface area contributed by atoms with Crippen LogP contribution in [-0.2, 0) is 16.3 Å². The number of sulfone groups is 1. The lowest BCUT2D eigenvalue weighted by atomic mass is 10.1. The van der Waals surface area contributed by atoms with Gasteiger partial charge in [-0.1, -0.05) is 55.0 Å². The van der Waals surface area contributed by atoms with Crippen LogP contribution in [0.15, 0.2) is 92.0 Å². The minimum atomic E-state index is -3.87. The van der Waals surface area contributed by atoms with Crippen LogP contribution in [0, 0.1) is 6.92 Å². The number of benzene rings is 3. The zero-order chi connectivity index (χ0) is 22.0. The molecule has 0 bridgehead atoms. The number of fused-ring (bicyclic) bond motifs is 1. The third-order valence-corrected chi connectivity index (χ3v) is 6.90. The van der Waals surface area contributed by atoms with Gasteiger partial charge >= 0.3 is 0 Å². The average molecular weight is 434 g/mol. The minimum Gasteiger partial charge on any atom is -0.493 e. The van der Waals surface area contributed by atoms with E-state index in [1.165, 1.54) is 0 Å². The van der Waals surface area contributed by atoms with Crippen LogP contribution in [0.3, 0.4) is 0 Å². The van der Waals surface area contributed by atoms with E-state index in [0.717, 1.165) is 17.5 Å². The first-order valence-electron chi connectivity index (χ1n) is 9.99. The van der Waals surface area contributed by atoms with E-state index in [1.54, 1.807) is 55.6 Å². The molecule has 0 atom stereocenters. The summed E-state index contributed by atoms with van der Waals surface area (Å²) in [4.78, 5) is 4.85. The Hall–Kier alpha value is -3.38. The molecular weight excluding hydrogens is 410 g/mol. The van der Waals surface area contributed by atoms with Crippen molar-refractivity contribution in [2.45, 2.75) is 30.1 Å². The number of nitrogens with zero attached hydrogens (tertiary/aromatic N) is 1. The monoisotopic (exact) mass is 433 g/mol. The first-order chi connectivity index (χ1) is 14.9. The maximum absolute atomic E-state index is 13.6. The Morgan fingerprint density at radius 3 is 2.42 bits per heavy atom. The number of rotatable bonds is 5. The summed E-state index contributed by atoms with van der Waals surface area (Å²) < 4.78 is 38.6. The molecule has 0 radical (unpaired) electrons. The van der Waals surface area contributed by atoms with Gasteiger partial charge in [0.2, 0.25) is 15.4 Å². The van der Waals surface area contributed by atoms with Gasteiger partial charge in [0.25, 0.3) is 0 Å². The lowest BCUT2D eigenvalue weighted by molar-refractivity contribution is 0.404. The maximum Gasteiger partial charge on any atom is 0.239 e. The molecule has 0 aliphatic heterocycles. The van der Waals surface area contributed by atoms with Crippen LogP contribution >= 0.6 is 0 Å². The van der Waals surface area contributed by atoms with Crippen LogP contribution < -0.4 is 10.3 Å². The highest BCUT2D eigenvalue weighted by Gasteiger charge is 2.23. The van der Waals surface area contributed by atoms with Gasteiger partial charge in [0, 0.05) is 5.39 Å². The topological polar surface area (TPSA) is 68.9 Å². The Kier molecular flexibility index (Phi) is 5.65. The van der Waals surface area contributed by atoms with Gasteiger partial charge in [-0.3, -0.25) is 0 Å². The fraction of sp³-hybridized carbons (Fsp3) is 0.160. The lowest BCUT2D eigenvalue weighted by Crippen LogP contribution is -2.16. The van der Waals surface area contributed by atoms with Gasteiger partial charge in [-0.05, 0) is 49.2 Å². The van der Waals surface area contributed by atoms with Crippen LogP contribution in [0.2, 0.25) is 0 Å². The summed E-state index contributed by atoms with van der Waals surface area (Å²) >= 11 is 0. The summed E-state index contributed by atoms with van der Waals surface area (Å²) in [6, 6.07) is 21.3. The van der Waals surface area contributed by atoms with Crippen molar-refractivity contribution >= 4 is 26.5 Å². The third-order valence-electron chi connectivity index (χ3n) is 5.14. The van der Waals surface area contributed by atoms with E-state index in [-0.39, 0.29) is 15.3 Å². The largest absolute Gasteiger partial charge is 0.493 e.